The summed E-state index contributed by atoms with van der Waals surface area (Å²) in [6, 6.07) is 13.8. The number of anilines is 1. The van der Waals surface area contributed by atoms with Crippen molar-refractivity contribution in [3.05, 3.63) is 59.7 Å². The number of hydrogen-bond acceptors (Lipinski definition) is 5. The van der Waals surface area contributed by atoms with Crippen LogP contribution in [0.1, 0.15) is 29.8 Å². The number of nitrogens with two attached hydrogens (primary N) is 1. The highest BCUT2D eigenvalue weighted by molar-refractivity contribution is 5.96. The van der Waals surface area contributed by atoms with Gasteiger partial charge in [0.25, 0.3) is 5.91 Å². The van der Waals surface area contributed by atoms with Gasteiger partial charge in [-0.2, -0.15) is 0 Å². The quantitative estimate of drug-likeness (QED) is 0.514. The summed E-state index contributed by atoms with van der Waals surface area (Å²) in [7, 11) is 0. The van der Waals surface area contributed by atoms with E-state index < -0.39 is 12.2 Å². The molecule has 0 spiro atoms. The second-order valence-electron chi connectivity index (χ2n) is 6.89. The molecular weight excluding hydrogens is 384 g/mol. The normalized spacial score (nSPS) is 15.6. The summed E-state index contributed by atoms with van der Waals surface area (Å²) in [5.41, 5.74) is 7.28. The average Bonchev–Trinajstić information content (AvgIpc) is 3.14. The molecule has 8 nitrogen and oxygen atoms in total. The van der Waals surface area contributed by atoms with Gasteiger partial charge in [-0.05, 0) is 56.3 Å². The number of cyclic esters (lactones) is 1. The van der Waals surface area contributed by atoms with Gasteiger partial charge < -0.3 is 20.1 Å². The van der Waals surface area contributed by atoms with Gasteiger partial charge >= 0.3 is 6.09 Å². The molecule has 1 aliphatic heterocycles. The molecule has 2 aromatic rings. The van der Waals surface area contributed by atoms with Gasteiger partial charge in [-0.15, -0.1) is 0 Å². The molecule has 2 amide bonds. The van der Waals surface area contributed by atoms with Gasteiger partial charge in [0.2, 0.25) is 0 Å². The molecule has 3 rings (SSSR count). The summed E-state index contributed by atoms with van der Waals surface area (Å²) in [4.78, 5) is 28.0. The van der Waals surface area contributed by atoms with E-state index >= 15 is 0 Å². The first-order valence-electron chi connectivity index (χ1n) is 9.87. The number of benzene rings is 2. The maximum atomic E-state index is 12.5. The van der Waals surface area contributed by atoms with Crippen molar-refractivity contribution >= 4 is 23.5 Å². The first kappa shape index (κ1) is 21.2. The molecule has 158 valence electrons. The number of nitrogens with zero attached hydrogens (tertiary/aromatic N) is 2. The fraction of sp³-hybridized carbons (Fsp3) is 0.318. The first-order chi connectivity index (χ1) is 14.4. The van der Waals surface area contributed by atoms with Gasteiger partial charge in [-0.25, -0.2) is 4.79 Å². The van der Waals surface area contributed by atoms with Crippen molar-refractivity contribution in [1.29, 1.82) is 5.41 Å². The van der Waals surface area contributed by atoms with Crippen LogP contribution in [0.4, 0.5) is 10.5 Å². The second-order valence-corrected chi connectivity index (χ2v) is 6.89. The third-order valence-corrected chi connectivity index (χ3v) is 4.93. The molecule has 1 atom stereocenters. The van der Waals surface area contributed by atoms with Crippen molar-refractivity contribution < 1.29 is 19.1 Å². The summed E-state index contributed by atoms with van der Waals surface area (Å²) >= 11 is 0. The Morgan fingerprint density at radius 1 is 1.20 bits per heavy atom. The Labute approximate surface area is 175 Å². The van der Waals surface area contributed by atoms with Crippen LogP contribution >= 0.6 is 0 Å². The molecule has 0 saturated carbocycles. The zero-order chi connectivity index (χ0) is 21.7. The Hall–Kier alpha value is -3.55. The lowest BCUT2D eigenvalue weighted by atomic mass is 10.2. The number of rotatable bonds is 8. The third-order valence-electron chi connectivity index (χ3n) is 4.93. The van der Waals surface area contributed by atoms with Gasteiger partial charge in [-0.3, -0.25) is 15.1 Å². The summed E-state index contributed by atoms with van der Waals surface area (Å²) in [6.45, 7) is 5.68. The zero-order valence-electron chi connectivity index (χ0n) is 17.1. The van der Waals surface area contributed by atoms with Crippen LogP contribution in [-0.4, -0.2) is 55.1 Å². The van der Waals surface area contributed by atoms with E-state index in [9.17, 15) is 9.59 Å². The van der Waals surface area contributed by atoms with Crippen LogP contribution in [-0.2, 0) is 4.74 Å². The molecule has 1 fully saturated rings. The van der Waals surface area contributed by atoms with E-state index in [0.717, 1.165) is 0 Å². The van der Waals surface area contributed by atoms with Crippen LogP contribution in [0.25, 0.3) is 0 Å². The third kappa shape index (κ3) is 4.71. The van der Waals surface area contributed by atoms with Crippen molar-refractivity contribution in [3.63, 3.8) is 0 Å². The Balaban J connectivity index is 1.60. The lowest BCUT2D eigenvalue weighted by Crippen LogP contribution is -2.30. The smallest absolute Gasteiger partial charge is 0.414 e. The molecule has 1 heterocycles. The maximum absolute atomic E-state index is 12.5. The van der Waals surface area contributed by atoms with E-state index in [2.05, 4.69) is 0 Å². The molecule has 0 bridgehead atoms. The number of amides is 2. The molecule has 2 aromatic carbocycles. The standard InChI is InChI=1S/C22H26N4O4/c1-3-25(4-2)21(27)16-6-5-7-18(12-16)29-14-19-13-26(22(28)30-19)17-10-8-15(9-11-17)20(23)24/h5-12,19H,3-4,13-14H2,1-2H3,(H3,23,24). The number of hydrogen-bond donors (Lipinski definition) is 2. The lowest BCUT2D eigenvalue weighted by Gasteiger charge is -2.19. The monoisotopic (exact) mass is 410 g/mol. The van der Waals surface area contributed by atoms with Crippen LogP contribution in [0.2, 0.25) is 0 Å². The van der Waals surface area contributed by atoms with Crippen molar-refractivity contribution in [2.75, 3.05) is 31.1 Å². The summed E-state index contributed by atoms with van der Waals surface area (Å²) in [5.74, 6) is 0.477. The average molecular weight is 410 g/mol. The number of nitrogen functional groups attached to an aromatic ring is 1. The van der Waals surface area contributed by atoms with Crippen molar-refractivity contribution in [2.24, 2.45) is 5.73 Å². The molecule has 0 radical (unpaired) electrons. The Morgan fingerprint density at radius 3 is 2.53 bits per heavy atom. The molecule has 8 heteroatoms. The minimum Gasteiger partial charge on any atom is -0.490 e. The minimum absolute atomic E-state index is 0.0291. The highest BCUT2D eigenvalue weighted by atomic mass is 16.6. The van der Waals surface area contributed by atoms with Crippen LogP contribution in [0, 0.1) is 5.41 Å². The topological polar surface area (TPSA) is 109 Å². The van der Waals surface area contributed by atoms with Crippen LogP contribution in [0.5, 0.6) is 5.75 Å². The first-order valence-corrected chi connectivity index (χ1v) is 9.87. The van der Waals surface area contributed by atoms with Gasteiger partial charge in [0, 0.05) is 29.9 Å². The van der Waals surface area contributed by atoms with Crippen molar-refractivity contribution in [2.45, 2.75) is 20.0 Å². The minimum atomic E-state index is -0.454. The Kier molecular flexibility index (Phi) is 6.56. The number of carbonyl (C=O) groups excluding carboxylic acids is 2. The van der Waals surface area contributed by atoms with Crippen molar-refractivity contribution in [1.82, 2.24) is 4.90 Å². The predicted molar refractivity (Wildman–Crippen MR) is 114 cm³/mol. The van der Waals surface area contributed by atoms with E-state index in [-0.39, 0.29) is 18.3 Å². The number of ether oxygens (including phenoxy) is 2. The summed E-state index contributed by atoms with van der Waals surface area (Å²) in [5, 5.41) is 7.44. The van der Waals surface area contributed by atoms with Gasteiger partial charge in [-0.1, -0.05) is 6.07 Å². The number of amidine groups is 1. The molecule has 1 saturated heterocycles. The second kappa shape index (κ2) is 9.30. The molecule has 1 aliphatic rings. The SMILES string of the molecule is CCN(CC)C(=O)c1cccc(OCC2CN(c3ccc(C(=N)N)cc3)C(=O)O2)c1. The Bertz CT molecular complexity index is 925. The zero-order valence-corrected chi connectivity index (χ0v) is 17.1. The van der Waals surface area contributed by atoms with Crippen LogP contribution in [0.3, 0.4) is 0 Å². The van der Waals surface area contributed by atoms with Gasteiger partial charge in [0.05, 0.1) is 6.54 Å². The predicted octanol–water partition coefficient (Wildman–Crippen LogP) is 2.86. The summed E-state index contributed by atoms with van der Waals surface area (Å²) < 4.78 is 11.2. The van der Waals surface area contributed by atoms with Crippen molar-refractivity contribution in [3.8, 4) is 5.75 Å². The fourth-order valence-electron chi connectivity index (χ4n) is 3.24. The molecule has 30 heavy (non-hydrogen) atoms. The maximum Gasteiger partial charge on any atom is 0.414 e. The highest BCUT2D eigenvalue weighted by Crippen LogP contribution is 2.23. The van der Waals surface area contributed by atoms with Crippen LogP contribution < -0.4 is 15.4 Å². The van der Waals surface area contributed by atoms with Gasteiger partial charge in [0.15, 0.2) is 6.10 Å². The molecule has 3 N–H and O–H groups in total. The van der Waals surface area contributed by atoms with Gasteiger partial charge in [0.1, 0.15) is 18.2 Å². The van der Waals surface area contributed by atoms with E-state index in [1.807, 2.05) is 13.8 Å². The summed E-state index contributed by atoms with van der Waals surface area (Å²) in [6.07, 6.45) is -0.892. The van der Waals surface area contributed by atoms with E-state index in [0.29, 0.717) is 42.2 Å². The van der Waals surface area contributed by atoms with E-state index in [1.54, 1.807) is 53.4 Å². The number of nitrogens with one attached hydrogen (secondary N) is 1. The van der Waals surface area contributed by atoms with E-state index in [1.165, 1.54) is 4.90 Å². The molecule has 0 aromatic heterocycles. The fourth-order valence-corrected chi connectivity index (χ4v) is 3.24. The number of carbonyl (C=O) groups is 2. The molecule has 1 unspecified atom stereocenters. The highest BCUT2D eigenvalue weighted by Gasteiger charge is 2.32. The lowest BCUT2D eigenvalue weighted by molar-refractivity contribution is 0.0772. The molecular formula is C22H26N4O4. The Morgan fingerprint density at radius 2 is 1.90 bits per heavy atom. The molecule has 0 aliphatic carbocycles. The van der Waals surface area contributed by atoms with E-state index in [4.69, 9.17) is 20.6 Å². The van der Waals surface area contributed by atoms with Crippen LogP contribution in [0.15, 0.2) is 48.5 Å². The largest absolute Gasteiger partial charge is 0.490 e.